The van der Waals surface area contributed by atoms with Crippen molar-refractivity contribution in [3.63, 3.8) is 0 Å². The molecule has 30 heavy (non-hydrogen) atoms. The molecule has 8 nitrogen and oxygen atoms in total. The van der Waals surface area contributed by atoms with Crippen molar-refractivity contribution in [1.29, 1.82) is 0 Å². The molecule has 0 spiro atoms. The average Bonchev–Trinajstić information content (AvgIpc) is 3.05. The topological polar surface area (TPSA) is 75.9 Å². The fraction of sp³-hybridized carbons (Fsp3) is 0.421. The molecule has 4 heterocycles. The SMILES string of the molecule is Cc1cc(C)n(-c2cc(N3CCN(c4cc(C(F)(F)F)nc(C)n4)CC3)ncn2)n1. The van der Waals surface area contributed by atoms with E-state index in [4.69, 9.17) is 0 Å². The molecule has 0 N–H and O–H groups in total. The number of alkyl halides is 3. The van der Waals surface area contributed by atoms with Gasteiger partial charge in [-0.1, -0.05) is 0 Å². The van der Waals surface area contributed by atoms with Gasteiger partial charge in [-0.3, -0.25) is 0 Å². The van der Waals surface area contributed by atoms with Gasteiger partial charge in [-0.25, -0.2) is 24.6 Å². The first-order valence-electron chi connectivity index (χ1n) is 9.49. The van der Waals surface area contributed by atoms with E-state index in [1.54, 1.807) is 4.68 Å². The van der Waals surface area contributed by atoms with Crippen LogP contribution < -0.4 is 9.80 Å². The molecule has 1 fully saturated rings. The van der Waals surface area contributed by atoms with Crippen LogP contribution in [0.3, 0.4) is 0 Å². The molecule has 0 saturated carbocycles. The van der Waals surface area contributed by atoms with Gasteiger partial charge in [-0.15, -0.1) is 0 Å². The summed E-state index contributed by atoms with van der Waals surface area (Å²) < 4.78 is 41.0. The monoisotopic (exact) mass is 418 g/mol. The van der Waals surface area contributed by atoms with Crippen molar-refractivity contribution in [3.8, 4) is 5.82 Å². The summed E-state index contributed by atoms with van der Waals surface area (Å²) in [5, 5.41) is 4.45. The van der Waals surface area contributed by atoms with Crippen molar-refractivity contribution >= 4 is 11.6 Å². The minimum absolute atomic E-state index is 0.104. The highest BCUT2D eigenvalue weighted by molar-refractivity contribution is 5.48. The Morgan fingerprint density at radius 1 is 0.800 bits per heavy atom. The number of rotatable bonds is 3. The highest BCUT2D eigenvalue weighted by Crippen LogP contribution is 2.30. The van der Waals surface area contributed by atoms with Crippen molar-refractivity contribution in [1.82, 2.24) is 29.7 Å². The number of halogens is 3. The van der Waals surface area contributed by atoms with Gasteiger partial charge >= 0.3 is 6.18 Å². The molecule has 3 aromatic heterocycles. The first kappa shape index (κ1) is 20.0. The Hall–Kier alpha value is -3.24. The summed E-state index contributed by atoms with van der Waals surface area (Å²) in [7, 11) is 0. The van der Waals surface area contributed by atoms with E-state index in [1.807, 2.05) is 30.9 Å². The summed E-state index contributed by atoms with van der Waals surface area (Å²) in [6, 6.07) is 4.85. The number of anilines is 2. The molecule has 0 radical (unpaired) electrons. The van der Waals surface area contributed by atoms with Gasteiger partial charge in [0.25, 0.3) is 0 Å². The Kier molecular flexibility index (Phi) is 5.04. The fourth-order valence-corrected chi connectivity index (χ4v) is 3.51. The van der Waals surface area contributed by atoms with Gasteiger partial charge in [0.15, 0.2) is 5.82 Å². The van der Waals surface area contributed by atoms with Crippen molar-refractivity contribution in [2.75, 3.05) is 36.0 Å². The summed E-state index contributed by atoms with van der Waals surface area (Å²) in [5.41, 5.74) is 0.957. The molecular formula is C19H21F3N8. The highest BCUT2D eigenvalue weighted by atomic mass is 19.4. The van der Waals surface area contributed by atoms with Crippen LogP contribution in [0, 0.1) is 20.8 Å². The lowest BCUT2D eigenvalue weighted by atomic mass is 10.2. The second-order valence-electron chi connectivity index (χ2n) is 7.20. The second kappa shape index (κ2) is 7.54. The van der Waals surface area contributed by atoms with Crippen molar-refractivity contribution in [3.05, 3.63) is 47.4 Å². The van der Waals surface area contributed by atoms with Crippen LogP contribution in [0.25, 0.3) is 5.82 Å². The quantitative estimate of drug-likeness (QED) is 0.647. The maximum Gasteiger partial charge on any atom is 0.433 e. The van der Waals surface area contributed by atoms with Crippen LogP contribution in [0.15, 0.2) is 24.5 Å². The van der Waals surface area contributed by atoms with Gasteiger partial charge in [0.1, 0.15) is 29.5 Å². The first-order valence-corrected chi connectivity index (χ1v) is 9.49. The van der Waals surface area contributed by atoms with Crippen LogP contribution in [0.4, 0.5) is 24.8 Å². The zero-order valence-corrected chi connectivity index (χ0v) is 16.8. The van der Waals surface area contributed by atoms with Crippen LogP contribution in [0.5, 0.6) is 0 Å². The third-order valence-electron chi connectivity index (χ3n) is 4.91. The number of piperazine rings is 1. The van der Waals surface area contributed by atoms with Crippen LogP contribution in [0.2, 0.25) is 0 Å². The lowest BCUT2D eigenvalue weighted by Crippen LogP contribution is -2.47. The maximum atomic E-state index is 13.1. The predicted molar refractivity (Wildman–Crippen MR) is 105 cm³/mol. The van der Waals surface area contributed by atoms with Gasteiger partial charge in [-0.2, -0.15) is 18.3 Å². The number of hydrogen-bond acceptors (Lipinski definition) is 7. The molecule has 1 aliphatic rings. The summed E-state index contributed by atoms with van der Waals surface area (Å²) in [4.78, 5) is 20.3. The summed E-state index contributed by atoms with van der Waals surface area (Å²) >= 11 is 0. The molecule has 0 aromatic carbocycles. The molecule has 0 bridgehead atoms. The van der Waals surface area contributed by atoms with Crippen LogP contribution >= 0.6 is 0 Å². The lowest BCUT2D eigenvalue weighted by molar-refractivity contribution is -0.141. The molecule has 0 unspecified atom stereocenters. The largest absolute Gasteiger partial charge is 0.433 e. The third-order valence-corrected chi connectivity index (χ3v) is 4.91. The van der Waals surface area contributed by atoms with Gasteiger partial charge in [0.2, 0.25) is 0 Å². The predicted octanol–water partition coefficient (Wildman–Crippen LogP) is 2.72. The number of hydrogen-bond donors (Lipinski definition) is 0. The molecule has 3 aromatic rings. The third kappa shape index (κ3) is 4.05. The Morgan fingerprint density at radius 3 is 2.03 bits per heavy atom. The Morgan fingerprint density at radius 2 is 1.43 bits per heavy atom. The van der Waals surface area contributed by atoms with Gasteiger partial charge < -0.3 is 9.80 Å². The lowest BCUT2D eigenvalue weighted by Gasteiger charge is -2.36. The zero-order valence-electron chi connectivity index (χ0n) is 16.8. The van der Waals surface area contributed by atoms with E-state index in [-0.39, 0.29) is 5.82 Å². The molecular weight excluding hydrogens is 397 g/mol. The Bertz CT molecular complexity index is 1050. The maximum absolute atomic E-state index is 13.1. The first-order chi connectivity index (χ1) is 14.2. The summed E-state index contributed by atoms with van der Waals surface area (Å²) in [5.74, 6) is 1.82. The van der Waals surface area contributed by atoms with E-state index in [0.29, 0.717) is 37.8 Å². The normalized spacial score (nSPS) is 15.0. The fourth-order valence-electron chi connectivity index (χ4n) is 3.51. The van der Waals surface area contributed by atoms with Crippen molar-refractivity contribution < 1.29 is 13.2 Å². The van der Waals surface area contributed by atoms with E-state index in [2.05, 4.69) is 29.9 Å². The molecule has 1 aliphatic heterocycles. The molecule has 0 atom stereocenters. The minimum Gasteiger partial charge on any atom is -0.353 e. The van der Waals surface area contributed by atoms with Gasteiger partial charge in [-0.05, 0) is 26.8 Å². The van der Waals surface area contributed by atoms with Crippen LogP contribution in [-0.4, -0.2) is 55.9 Å². The Labute approximate surface area is 171 Å². The average molecular weight is 418 g/mol. The summed E-state index contributed by atoms with van der Waals surface area (Å²) in [6.45, 7) is 7.58. The van der Waals surface area contributed by atoms with E-state index < -0.39 is 11.9 Å². The van der Waals surface area contributed by atoms with Gasteiger partial charge in [0, 0.05) is 44.0 Å². The highest BCUT2D eigenvalue weighted by Gasteiger charge is 2.34. The van der Waals surface area contributed by atoms with Crippen molar-refractivity contribution in [2.45, 2.75) is 26.9 Å². The number of nitrogens with zero attached hydrogens (tertiary/aromatic N) is 8. The van der Waals surface area contributed by atoms with Crippen LogP contribution in [-0.2, 0) is 6.18 Å². The standard InChI is InChI=1S/C19H21F3N8/c1-12-8-13(2)30(27-12)17-10-16(23-11-24-17)28-4-6-29(7-5-28)18-9-15(19(20,21)22)25-14(3)26-18/h8-11H,4-7H2,1-3H3. The number of aromatic nitrogens is 6. The Balaban J connectivity index is 1.50. The molecule has 0 amide bonds. The van der Waals surface area contributed by atoms with E-state index >= 15 is 0 Å². The molecule has 0 aliphatic carbocycles. The van der Waals surface area contributed by atoms with E-state index in [0.717, 1.165) is 23.3 Å². The van der Waals surface area contributed by atoms with Crippen LogP contribution in [0.1, 0.15) is 22.9 Å². The second-order valence-corrected chi connectivity index (χ2v) is 7.20. The smallest absolute Gasteiger partial charge is 0.353 e. The minimum atomic E-state index is -4.50. The van der Waals surface area contributed by atoms with E-state index in [9.17, 15) is 13.2 Å². The zero-order chi connectivity index (χ0) is 21.5. The number of aryl methyl sites for hydroxylation is 3. The van der Waals surface area contributed by atoms with Gasteiger partial charge in [0.05, 0.1) is 5.69 Å². The van der Waals surface area contributed by atoms with Crippen molar-refractivity contribution in [2.24, 2.45) is 0 Å². The molecule has 158 valence electrons. The molecule has 4 rings (SSSR count). The molecule has 11 heteroatoms. The van der Waals surface area contributed by atoms with E-state index in [1.165, 1.54) is 13.3 Å². The molecule has 1 saturated heterocycles. The summed E-state index contributed by atoms with van der Waals surface area (Å²) in [6.07, 6.45) is -3.00.